The van der Waals surface area contributed by atoms with Crippen LogP contribution in [0.4, 0.5) is 5.69 Å². The number of hydrogen-bond acceptors (Lipinski definition) is 3. The summed E-state index contributed by atoms with van der Waals surface area (Å²) in [5.41, 5.74) is 4.48. The third-order valence-electron chi connectivity index (χ3n) is 5.22. The molecule has 2 N–H and O–H groups in total. The van der Waals surface area contributed by atoms with Crippen LogP contribution in [0.2, 0.25) is 5.02 Å². The number of nitrogens with one attached hydrogen (secondary N) is 2. The van der Waals surface area contributed by atoms with E-state index < -0.39 is 22.0 Å². The van der Waals surface area contributed by atoms with Gasteiger partial charge in [-0.3, -0.25) is 4.79 Å². The topological polar surface area (TPSA) is 75.3 Å². The minimum Gasteiger partial charge on any atom is -0.324 e. The van der Waals surface area contributed by atoms with Gasteiger partial charge in [-0.15, -0.1) is 0 Å². The van der Waals surface area contributed by atoms with E-state index in [2.05, 4.69) is 10.0 Å². The number of sulfonamides is 1. The zero-order valence-electron chi connectivity index (χ0n) is 18.6. The van der Waals surface area contributed by atoms with E-state index in [-0.39, 0.29) is 11.3 Å². The van der Waals surface area contributed by atoms with E-state index in [4.69, 9.17) is 11.6 Å². The predicted molar refractivity (Wildman–Crippen MR) is 130 cm³/mol. The summed E-state index contributed by atoms with van der Waals surface area (Å²) in [5.74, 6) is -0.440. The minimum absolute atomic E-state index is 0.205. The second-order valence-electron chi connectivity index (χ2n) is 8.04. The van der Waals surface area contributed by atoms with Gasteiger partial charge in [0.15, 0.2) is 0 Å². The Bertz CT molecular complexity index is 1220. The Morgan fingerprint density at radius 1 is 0.906 bits per heavy atom. The highest BCUT2D eigenvalue weighted by molar-refractivity contribution is 7.89. The van der Waals surface area contributed by atoms with Crippen LogP contribution in [0.25, 0.3) is 0 Å². The molecule has 5 nitrogen and oxygen atoms in total. The maximum absolute atomic E-state index is 13.3. The first-order valence-corrected chi connectivity index (χ1v) is 12.1. The quantitative estimate of drug-likeness (QED) is 0.504. The SMILES string of the molecule is Cc1cc(C)c(S(=O)(=O)N[C@H](Cc2ccccc2)C(=O)Nc2ccc(Cl)cc2C)c(C)c1. The number of halogens is 1. The number of carbonyl (C=O) groups is 1. The lowest BCUT2D eigenvalue weighted by Gasteiger charge is -2.21. The van der Waals surface area contributed by atoms with Crippen molar-refractivity contribution in [1.82, 2.24) is 4.72 Å². The molecule has 0 unspecified atom stereocenters. The van der Waals surface area contributed by atoms with Crippen molar-refractivity contribution in [3.63, 3.8) is 0 Å². The van der Waals surface area contributed by atoms with Gasteiger partial charge in [0, 0.05) is 10.7 Å². The molecule has 0 aliphatic heterocycles. The molecule has 32 heavy (non-hydrogen) atoms. The second-order valence-corrected chi connectivity index (χ2v) is 10.1. The van der Waals surface area contributed by atoms with Crippen molar-refractivity contribution in [3.05, 3.63) is 93.5 Å². The number of amides is 1. The Morgan fingerprint density at radius 2 is 1.53 bits per heavy atom. The third-order valence-corrected chi connectivity index (χ3v) is 7.23. The first-order valence-electron chi connectivity index (χ1n) is 10.3. The molecule has 0 aliphatic rings. The Hall–Kier alpha value is -2.67. The van der Waals surface area contributed by atoms with Crippen molar-refractivity contribution in [2.24, 2.45) is 0 Å². The summed E-state index contributed by atoms with van der Waals surface area (Å²) >= 11 is 6.01. The second kappa shape index (κ2) is 9.86. The molecule has 0 heterocycles. The molecule has 3 aromatic carbocycles. The van der Waals surface area contributed by atoms with Crippen LogP contribution in [0.3, 0.4) is 0 Å². The van der Waals surface area contributed by atoms with Crippen LogP contribution in [-0.4, -0.2) is 20.4 Å². The summed E-state index contributed by atoms with van der Waals surface area (Å²) in [6.07, 6.45) is 0.211. The average molecular weight is 471 g/mol. The fourth-order valence-corrected chi connectivity index (χ4v) is 5.74. The van der Waals surface area contributed by atoms with Gasteiger partial charge >= 0.3 is 0 Å². The van der Waals surface area contributed by atoms with Crippen molar-refractivity contribution in [2.45, 2.75) is 45.1 Å². The molecule has 0 aromatic heterocycles. The highest BCUT2D eigenvalue weighted by Crippen LogP contribution is 2.23. The maximum Gasteiger partial charge on any atom is 0.242 e. The van der Waals surface area contributed by atoms with E-state index in [1.54, 1.807) is 32.0 Å². The first-order chi connectivity index (χ1) is 15.1. The van der Waals surface area contributed by atoms with Gasteiger partial charge in [-0.2, -0.15) is 4.72 Å². The van der Waals surface area contributed by atoms with Crippen LogP contribution >= 0.6 is 11.6 Å². The molecule has 0 spiro atoms. The normalized spacial score (nSPS) is 12.4. The summed E-state index contributed by atoms with van der Waals surface area (Å²) in [6.45, 7) is 7.27. The Kier molecular flexibility index (Phi) is 7.39. The highest BCUT2D eigenvalue weighted by Gasteiger charge is 2.28. The number of carbonyl (C=O) groups excluding carboxylic acids is 1. The first kappa shape index (κ1) is 24.0. The molecular formula is C25H27ClN2O3S. The van der Waals surface area contributed by atoms with Crippen LogP contribution in [0.15, 0.2) is 65.6 Å². The van der Waals surface area contributed by atoms with Gasteiger partial charge in [0.05, 0.1) is 4.90 Å². The summed E-state index contributed by atoms with van der Waals surface area (Å²) in [7, 11) is -3.94. The molecule has 0 aliphatic carbocycles. The molecule has 1 amide bonds. The summed E-state index contributed by atoms with van der Waals surface area (Å²) in [4.78, 5) is 13.4. The van der Waals surface area contributed by atoms with Crippen LogP contribution in [0.5, 0.6) is 0 Å². The van der Waals surface area contributed by atoms with Crippen LogP contribution in [-0.2, 0) is 21.2 Å². The zero-order valence-corrected chi connectivity index (χ0v) is 20.1. The smallest absolute Gasteiger partial charge is 0.242 e. The molecule has 0 radical (unpaired) electrons. The van der Waals surface area contributed by atoms with E-state index in [1.165, 1.54) is 0 Å². The lowest BCUT2D eigenvalue weighted by Crippen LogP contribution is -2.45. The molecule has 168 valence electrons. The molecular weight excluding hydrogens is 444 g/mol. The lowest BCUT2D eigenvalue weighted by molar-refractivity contribution is -0.117. The number of anilines is 1. The van der Waals surface area contributed by atoms with Crippen molar-refractivity contribution < 1.29 is 13.2 Å². The van der Waals surface area contributed by atoms with Gasteiger partial charge in [0.2, 0.25) is 15.9 Å². The Balaban J connectivity index is 1.94. The number of hydrogen-bond donors (Lipinski definition) is 2. The standard InChI is InChI=1S/C25H27ClN2O3S/c1-16-12-18(3)24(19(4)13-16)32(30,31)28-23(15-20-8-6-5-7-9-20)25(29)27-22-11-10-21(26)14-17(22)2/h5-14,23,28H,15H2,1-4H3,(H,27,29)/t23-/m1/s1. The van der Waals surface area contributed by atoms with Gasteiger partial charge in [-0.25, -0.2) is 8.42 Å². The zero-order chi connectivity index (χ0) is 23.5. The van der Waals surface area contributed by atoms with Crippen LogP contribution < -0.4 is 10.0 Å². The lowest BCUT2D eigenvalue weighted by atomic mass is 10.1. The number of rotatable bonds is 7. The monoisotopic (exact) mass is 470 g/mol. The highest BCUT2D eigenvalue weighted by atomic mass is 35.5. The van der Waals surface area contributed by atoms with Gasteiger partial charge in [-0.05, 0) is 74.6 Å². The van der Waals surface area contributed by atoms with E-state index in [0.29, 0.717) is 21.8 Å². The number of benzene rings is 3. The molecule has 3 aromatic rings. The minimum atomic E-state index is -3.94. The van der Waals surface area contributed by atoms with E-state index >= 15 is 0 Å². The van der Waals surface area contributed by atoms with Gasteiger partial charge in [-0.1, -0.05) is 59.6 Å². The predicted octanol–water partition coefficient (Wildman–Crippen LogP) is 5.10. The molecule has 0 saturated carbocycles. The Morgan fingerprint density at radius 3 is 2.12 bits per heavy atom. The van der Waals surface area contributed by atoms with Crippen molar-refractivity contribution in [2.75, 3.05) is 5.32 Å². The summed E-state index contributed by atoms with van der Waals surface area (Å²) in [5, 5.41) is 3.41. The van der Waals surface area contributed by atoms with Crippen LogP contribution in [0.1, 0.15) is 27.8 Å². The summed E-state index contributed by atoms with van der Waals surface area (Å²) < 4.78 is 29.3. The van der Waals surface area contributed by atoms with Crippen LogP contribution in [0, 0.1) is 27.7 Å². The third kappa shape index (κ3) is 5.76. The van der Waals surface area contributed by atoms with Crippen molar-refractivity contribution in [3.8, 4) is 0 Å². The van der Waals surface area contributed by atoms with E-state index in [1.807, 2.05) is 56.3 Å². The molecule has 3 rings (SSSR count). The summed E-state index contributed by atoms with van der Waals surface area (Å²) in [6, 6.07) is 17.1. The Labute approximate surface area is 194 Å². The fourth-order valence-electron chi connectivity index (χ4n) is 3.86. The van der Waals surface area contributed by atoms with E-state index in [0.717, 1.165) is 16.7 Å². The number of aryl methyl sites for hydroxylation is 4. The molecule has 0 fully saturated rings. The van der Waals surface area contributed by atoms with Gasteiger partial charge in [0.25, 0.3) is 0 Å². The largest absolute Gasteiger partial charge is 0.324 e. The van der Waals surface area contributed by atoms with Gasteiger partial charge < -0.3 is 5.32 Å². The molecule has 7 heteroatoms. The molecule has 0 saturated heterocycles. The molecule has 0 bridgehead atoms. The fraction of sp³-hybridized carbons (Fsp3) is 0.240. The van der Waals surface area contributed by atoms with Gasteiger partial charge in [0.1, 0.15) is 6.04 Å². The van der Waals surface area contributed by atoms with Crippen molar-refractivity contribution in [1.29, 1.82) is 0 Å². The van der Waals surface area contributed by atoms with E-state index in [9.17, 15) is 13.2 Å². The average Bonchev–Trinajstić information content (AvgIpc) is 2.69. The maximum atomic E-state index is 13.3. The molecule has 1 atom stereocenters. The van der Waals surface area contributed by atoms with Crippen molar-refractivity contribution >= 4 is 33.2 Å².